The third-order valence-corrected chi connectivity index (χ3v) is 3.46. The van der Waals surface area contributed by atoms with Gasteiger partial charge in [0, 0.05) is 6.61 Å². The van der Waals surface area contributed by atoms with Crippen LogP contribution in [0, 0.1) is 0 Å². The Balaban J connectivity index is 2.47. The molecule has 106 valence electrons. The topological polar surface area (TPSA) is 9.23 Å². The quantitative estimate of drug-likeness (QED) is 0.709. The summed E-state index contributed by atoms with van der Waals surface area (Å²) in [5.74, 6) is 0. The molecule has 1 fully saturated rings. The molecular weight excluding hydrogens is 253 g/mol. The Bertz CT molecular complexity index is 451. The van der Waals surface area contributed by atoms with E-state index >= 15 is 0 Å². The van der Waals surface area contributed by atoms with Gasteiger partial charge in [-0.1, -0.05) is 32.9 Å². The van der Waals surface area contributed by atoms with Gasteiger partial charge >= 0.3 is 6.18 Å². The molecule has 1 heterocycles. The summed E-state index contributed by atoms with van der Waals surface area (Å²) in [6, 6.07) is 4.63. The Morgan fingerprint density at radius 3 is 2.26 bits per heavy atom. The van der Waals surface area contributed by atoms with Gasteiger partial charge in [-0.3, -0.25) is 0 Å². The summed E-state index contributed by atoms with van der Waals surface area (Å²) in [5, 5.41) is 0. The van der Waals surface area contributed by atoms with Gasteiger partial charge in [-0.05, 0) is 35.4 Å². The fraction of sp³-hybridized carbons (Fsp3) is 0.600. The van der Waals surface area contributed by atoms with Gasteiger partial charge in [-0.2, -0.15) is 13.2 Å². The number of rotatable bonds is 1. The first kappa shape index (κ1) is 14.4. The Labute approximate surface area is 111 Å². The zero-order valence-corrected chi connectivity index (χ0v) is 11.5. The molecule has 0 amide bonds. The molecule has 0 bridgehead atoms. The van der Waals surface area contributed by atoms with E-state index in [2.05, 4.69) is 0 Å². The van der Waals surface area contributed by atoms with E-state index in [0.29, 0.717) is 17.7 Å². The standard InChI is InChI=1S/C15H19F3O/c1-14(2,3)11-7-6-10(13-5-4-8-19-13)9-12(11)15(16,17)18/h6-7,9,13H,4-5,8H2,1-3H3. The van der Waals surface area contributed by atoms with E-state index in [1.165, 1.54) is 6.07 Å². The number of alkyl halides is 3. The second-order valence-electron chi connectivity index (χ2n) is 6.05. The fourth-order valence-electron chi connectivity index (χ4n) is 2.49. The van der Waals surface area contributed by atoms with Crippen molar-refractivity contribution in [2.24, 2.45) is 0 Å². The smallest absolute Gasteiger partial charge is 0.374 e. The Kier molecular flexibility index (Phi) is 3.65. The van der Waals surface area contributed by atoms with Crippen molar-refractivity contribution in [3.63, 3.8) is 0 Å². The van der Waals surface area contributed by atoms with Crippen molar-refractivity contribution < 1.29 is 17.9 Å². The Morgan fingerprint density at radius 2 is 1.79 bits per heavy atom. The molecule has 0 spiro atoms. The predicted octanol–water partition coefficient (Wildman–Crippen LogP) is 4.85. The highest BCUT2D eigenvalue weighted by Gasteiger charge is 2.37. The van der Waals surface area contributed by atoms with Crippen molar-refractivity contribution in [3.8, 4) is 0 Å². The van der Waals surface area contributed by atoms with Gasteiger partial charge in [-0.25, -0.2) is 0 Å². The number of hydrogen-bond donors (Lipinski definition) is 0. The highest BCUT2D eigenvalue weighted by atomic mass is 19.4. The molecule has 1 aromatic carbocycles. The maximum atomic E-state index is 13.2. The first-order valence-electron chi connectivity index (χ1n) is 6.53. The van der Waals surface area contributed by atoms with Crippen LogP contribution in [0.25, 0.3) is 0 Å². The normalized spacial score (nSPS) is 20.8. The monoisotopic (exact) mass is 272 g/mol. The fourth-order valence-corrected chi connectivity index (χ4v) is 2.49. The summed E-state index contributed by atoms with van der Waals surface area (Å²) in [7, 11) is 0. The van der Waals surface area contributed by atoms with Crippen LogP contribution in [0.5, 0.6) is 0 Å². The van der Waals surface area contributed by atoms with Crippen LogP contribution in [0.4, 0.5) is 13.2 Å². The summed E-state index contributed by atoms with van der Waals surface area (Å²) >= 11 is 0. The Morgan fingerprint density at radius 1 is 1.11 bits per heavy atom. The Hall–Kier alpha value is -1.03. The molecule has 1 nitrogen and oxygen atoms in total. The highest BCUT2D eigenvalue weighted by molar-refractivity contribution is 5.39. The maximum absolute atomic E-state index is 13.2. The van der Waals surface area contributed by atoms with E-state index in [1.54, 1.807) is 32.9 Å². The number of benzene rings is 1. The molecule has 2 rings (SSSR count). The number of ether oxygens (including phenoxy) is 1. The van der Waals surface area contributed by atoms with E-state index in [0.717, 1.165) is 12.8 Å². The van der Waals surface area contributed by atoms with Crippen LogP contribution >= 0.6 is 0 Å². The van der Waals surface area contributed by atoms with Gasteiger partial charge < -0.3 is 4.74 Å². The largest absolute Gasteiger partial charge is 0.416 e. The molecule has 0 aliphatic carbocycles. The summed E-state index contributed by atoms with van der Waals surface area (Å²) in [6.45, 7) is 6.02. The molecule has 1 aliphatic rings. The molecular formula is C15H19F3O. The summed E-state index contributed by atoms with van der Waals surface area (Å²) < 4.78 is 45.1. The van der Waals surface area contributed by atoms with Crippen LogP contribution in [0.1, 0.15) is 56.4 Å². The molecule has 1 saturated heterocycles. The molecule has 0 radical (unpaired) electrons. The van der Waals surface area contributed by atoms with Crippen LogP contribution in [-0.4, -0.2) is 6.61 Å². The first-order chi connectivity index (χ1) is 8.69. The van der Waals surface area contributed by atoms with E-state index in [-0.39, 0.29) is 6.10 Å². The van der Waals surface area contributed by atoms with Crippen LogP contribution in [0.15, 0.2) is 18.2 Å². The van der Waals surface area contributed by atoms with E-state index in [9.17, 15) is 13.2 Å². The second kappa shape index (κ2) is 4.82. The zero-order valence-electron chi connectivity index (χ0n) is 11.5. The number of halogens is 3. The molecule has 0 N–H and O–H groups in total. The van der Waals surface area contributed by atoms with Gasteiger partial charge in [0.2, 0.25) is 0 Å². The minimum Gasteiger partial charge on any atom is -0.374 e. The molecule has 1 aliphatic heterocycles. The summed E-state index contributed by atoms with van der Waals surface area (Å²) in [6.07, 6.45) is -2.80. The van der Waals surface area contributed by atoms with Crippen LogP contribution in [0.2, 0.25) is 0 Å². The van der Waals surface area contributed by atoms with E-state index < -0.39 is 17.2 Å². The average molecular weight is 272 g/mol. The molecule has 4 heteroatoms. The van der Waals surface area contributed by atoms with Gasteiger partial charge in [0.25, 0.3) is 0 Å². The van der Waals surface area contributed by atoms with Crippen molar-refractivity contribution in [2.75, 3.05) is 6.61 Å². The van der Waals surface area contributed by atoms with Crippen molar-refractivity contribution in [3.05, 3.63) is 34.9 Å². The maximum Gasteiger partial charge on any atom is 0.416 e. The summed E-state index contributed by atoms with van der Waals surface area (Å²) in [5.41, 5.74) is -0.0903. The lowest BCUT2D eigenvalue weighted by molar-refractivity contribution is -0.138. The second-order valence-corrected chi connectivity index (χ2v) is 6.05. The lowest BCUT2D eigenvalue weighted by Crippen LogP contribution is -2.20. The predicted molar refractivity (Wildman–Crippen MR) is 68.1 cm³/mol. The van der Waals surface area contributed by atoms with Crippen molar-refractivity contribution in [2.45, 2.75) is 51.3 Å². The number of hydrogen-bond acceptors (Lipinski definition) is 1. The first-order valence-corrected chi connectivity index (χ1v) is 6.53. The molecule has 1 atom stereocenters. The van der Waals surface area contributed by atoms with Crippen LogP contribution in [0.3, 0.4) is 0 Å². The van der Waals surface area contributed by atoms with Crippen LogP contribution < -0.4 is 0 Å². The zero-order chi connectivity index (χ0) is 14.3. The van der Waals surface area contributed by atoms with Gasteiger partial charge in [0.15, 0.2) is 0 Å². The minimum atomic E-state index is -4.32. The van der Waals surface area contributed by atoms with Gasteiger partial charge in [0.05, 0.1) is 11.7 Å². The van der Waals surface area contributed by atoms with E-state index in [1.807, 2.05) is 0 Å². The molecule has 1 aromatic rings. The van der Waals surface area contributed by atoms with Crippen LogP contribution in [-0.2, 0) is 16.3 Å². The van der Waals surface area contributed by atoms with Gasteiger partial charge in [-0.15, -0.1) is 0 Å². The average Bonchev–Trinajstić information content (AvgIpc) is 2.79. The SMILES string of the molecule is CC(C)(C)c1ccc(C2CCCO2)cc1C(F)(F)F. The molecule has 1 unspecified atom stereocenters. The molecule has 19 heavy (non-hydrogen) atoms. The third kappa shape index (κ3) is 3.11. The lowest BCUT2D eigenvalue weighted by Gasteiger charge is -2.25. The molecule has 0 aromatic heterocycles. The van der Waals surface area contributed by atoms with Crippen molar-refractivity contribution >= 4 is 0 Å². The lowest BCUT2D eigenvalue weighted by atomic mass is 9.82. The highest BCUT2D eigenvalue weighted by Crippen LogP contribution is 2.40. The molecule has 0 saturated carbocycles. The van der Waals surface area contributed by atoms with Crippen molar-refractivity contribution in [1.29, 1.82) is 0 Å². The van der Waals surface area contributed by atoms with Crippen molar-refractivity contribution in [1.82, 2.24) is 0 Å². The van der Waals surface area contributed by atoms with E-state index in [4.69, 9.17) is 4.74 Å². The summed E-state index contributed by atoms with van der Waals surface area (Å²) in [4.78, 5) is 0. The van der Waals surface area contributed by atoms with Gasteiger partial charge in [0.1, 0.15) is 0 Å². The minimum absolute atomic E-state index is 0.185. The third-order valence-electron chi connectivity index (χ3n) is 3.46.